The van der Waals surface area contributed by atoms with E-state index in [-0.39, 0.29) is 5.56 Å². The van der Waals surface area contributed by atoms with Crippen LogP contribution in [0.5, 0.6) is 0 Å². The van der Waals surface area contributed by atoms with Crippen LogP contribution in [0.25, 0.3) is 0 Å². The SMILES string of the molecule is Fc1cc(C(Cl)c2ccc(Cl)cc2)cc(F)c1F. The summed E-state index contributed by atoms with van der Waals surface area (Å²) in [7, 11) is 0. The van der Waals surface area contributed by atoms with Crippen LogP contribution in [0.1, 0.15) is 16.5 Å². The van der Waals surface area contributed by atoms with Crippen LogP contribution in [0.4, 0.5) is 13.2 Å². The first-order chi connectivity index (χ1) is 8.49. The first kappa shape index (κ1) is 13.2. The van der Waals surface area contributed by atoms with Crippen molar-refractivity contribution in [3.05, 3.63) is 70.0 Å². The number of hydrogen-bond donors (Lipinski definition) is 0. The molecule has 0 aliphatic heterocycles. The highest BCUT2D eigenvalue weighted by Gasteiger charge is 2.17. The minimum absolute atomic E-state index is 0.149. The van der Waals surface area contributed by atoms with Gasteiger partial charge in [-0.15, -0.1) is 11.6 Å². The fraction of sp³-hybridized carbons (Fsp3) is 0.0769. The Hall–Kier alpha value is -1.19. The summed E-state index contributed by atoms with van der Waals surface area (Å²) in [5.41, 5.74) is 0.766. The van der Waals surface area contributed by atoms with Gasteiger partial charge in [0.2, 0.25) is 0 Å². The number of hydrogen-bond acceptors (Lipinski definition) is 0. The normalized spacial score (nSPS) is 12.5. The summed E-state index contributed by atoms with van der Waals surface area (Å²) < 4.78 is 39.0. The Bertz CT molecular complexity index is 544. The first-order valence-corrected chi connectivity index (χ1v) is 5.84. The van der Waals surface area contributed by atoms with E-state index in [1.165, 1.54) is 0 Å². The average molecular weight is 291 g/mol. The Labute approximate surface area is 112 Å². The summed E-state index contributed by atoms with van der Waals surface area (Å²) in [6.07, 6.45) is 0. The van der Waals surface area contributed by atoms with Crippen LogP contribution < -0.4 is 0 Å². The largest absolute Gasteiger partial charge is 0.204 e. The van der Waals surface area contributed by atoms with Gasteiger partial charge in [-0.25, -0.2) is 13.2 Å². The zero-order chi connectivity index (χ0) is 13.3. The summed E-state index contributed by atoms with van der Waals surface area (Å²) in [5, 5.41) is -0.244. The van der Waals surface area contributed by atoms with E-state index in [4.69, 9.17) is 23.2 Å². The van der Waals surface area contributed by atoms with E-state index in [0.29, 0.717) is 10.6 Å². The van der Waals surface area contributed by atoms with Gasteiger partial charge in [0.25, 0.3) is 0 Å². The maximum atomic E-state index is 13.1. The highest BCUT2D eigenvalue weighted by molar-refractivity contribution is 6.30. The lowest BCUT2D eigenvalue weighted by atomic mass is 10.0. The maximum absolute atomic E-state index is 13.1. The summed E-state index contributed by atoms with van der Waals surface area (Å²) >= 11 is 11.8. The third-order valence-corrected chi connectivity index (χ3v) is 3.22. The molecule has 0 saturated heterocycles. The van der Waals surface area contributed by atoms with Gasteiger partial charge in [-0.05, 0) is 35.4 Å². The Balaban J connectivity index is 2.39. The van der Waals surface area contributed by atoms with E-state index in [2.05, 4.69) is 0 Å². The Morgan fingerprint density at radius 2 is 1.33 bits per heavy atom. The predicted octanol–water partition coefficient (Wildman–Crippen LogP) is 5.09. The topological polar surface area (TPSA) is 0 Å². The number of halogens is 5. The molecular formula is C13H7Cl2F3. The van der Waals surface area contributed by atoms with Crippen molar-refractivity contribution in [1.82, 2.24) is 0 Å². The van der Waals surface area contributed by atoms with Crippen molar-refractivity contribution >= 4 is 23.2 Å². The molecule has 94 valence electrons. The Morgan fingerprint density at radius 1 is 0.833 bits per heavy atom. The third kappa shape index (κ3) is 2.62. The summed E-state index contributed by atoms with van der Waals surface area (Å²) in [6.45, 7) is 0. The monoisotopic (exact) mass is 290 g/mol. The summed E-state index contributed by atoms with van der Waals surface area (Å²) in [4.78, 5) is 0. The van der Waals surface area contributed by atoms with E-state index < -0.39 is 22.8 Å². The van der Waals surface area contributed by atoms with Crippen LogP contribution in [0, 0.1) is 17.5 Å². The molecule has 0 N–H and O–H groups in total. The van der Waals surface area contributed by atoms with Crippen LogP contribution in [0.2, 0.25) is 5.02 Å². The molecule has 0 heterocycles. The Kier molecular flexibility index (Phi) is 3.83. The molecular weight excluding hydrogens is 284 g/mol. The summed E-state index contributed by atoms with van der Waals surface area (Å²) in [6, 6.07) is 8.26. The number of benzene rings is 2. The van der Waals surface area contributed by atoms with Crippen LogP contribution in [0.15, 0.2) is 36.4 Å². The molecule has 1 unspecified atom stereocenters. The fourth-order valence-electron chi connectivity index (χ4n) is 1.55. The molecule has 0 bridgehead atoms. The van der Waals surface area contributed by atoms with Gasteiger partial charge in [0.05, 0.1) is 5.38 Å². The molecule has 1 atom stereocenters. The molecule has 2 rings (SSSR count). The van der Waals surface area contributed by atoms with Crippen molar-refractivity contribution in [2.24, 2.45) is 0 Å². The second-order valence-corrected chi connectivity index (χ2v) is 4.59. The van der Waals surface area contributed by atoms with Gasteiger partial charge in [0.1, 0.15) is 0 Å². The zero-order valence-corrected chi connectivity index (χ0v) is 10.4. The van der Waals surface area contributed by atoms with Gasteiger partial charge in [-0.3, -0.25) is 0 Å². The van der Waals surface area contributed by atoms with E-state index in [1.54, 1.807) is 24.3 Å². The fourth-order valence-corrected chi connectivity index (χ4v) is 1.94. The first-order valence-electron chi connectivity index (χ1n) is 5.03. The van der Waals surface area contributed by atoms with Gasteiger partial charge in [0.15, 0.2) is 17.5 Å². The van der Waals surface area contributed by atoms with Crippen LogP contribution >= 0.6 is 23.2 Å². The quantitative estimate of drug-likeness (QED) is 0.534. The molecule has 5 heteroatoms. The van der Waals surface area contributed by atoms with E-state index >= 15 is 0 Å². The molecule has 0 nitrogen and oxygen atoms in total. The van der Waals surface area contributed by atoms with Crippen LogP contribution in [-0.4, -0.2) is 0 Å². The maximum Gasteiger partial charge on any atom is 0.194 e. The second kappa shape index (κ2) is 5.21. The zero-order valence-electron chi connectivity index (χ0n) is 8.93. The van der Waals surface area contributed by atoms with Crippen molar-refractivity contribution in [3.63, 3.8) is 0 Å². The van der Waals surface area contributed by atoms with Crippen molar-refractivity contribution in [1.29, 1.82) is 0 Å². The predicted molar refractivity (Wildman–Crippen MR) is 65.5 cm³/mol. The number of rotatable bonds is 2. The molecule has 0 spiro atoms. The van der Waals surface area contributed by atoms with Gasteiger partial charge in [0, 0.05) is 5.02 Å². The van der Waals surface area contributed by atoms with Crippen molar-refractivity contribution in [3.8, 4) is 0 Å². The molecule has 18 heavy (non-hydrogen) atoms. The molecule has 0 amide bonds. The third-order valence-electron chi connectivity index (χ3n) is 2.46. The minimum atomic E-state index is -1.50. The molecule has 0 aliphatic rings. The molecule has 2 aromatic rings. The van der Waals surface area contributed by atoms with Crippen molar-refractivity contribution in [2.45, 2.75) is 5.38 Å². The van der Waals surface area contributed by atoms with Gasteiger partial charge < -0.3 is 0 Å². The van der Waals surface area contributed by atoms with Crippen LogP contribution in [-0.2, 0) is 0 Å². The molecule has 0 aliphatic carbocycles. The lowest BCUT2D eigenvalue weighted by Crippen LogP contribution is -1.98. The standard InChI is InChI=1S/C13H7Cl2F3/c14-9-3-1-7(2-4-9)12(15)8-5-10(16)13(18)11(17)6-8/h1-6,12H. The Morgan fingerprint density at radius 3 is 1.83 bits per heavy atom. The second-order valence-electron chi connectivity index (χ2n) is 3.71. The molecule has 0 radical (unpaired) electrons. The molecule has 0 aromatic heterocycles. The van der Waals surface area contributed by atoms with E-state index in [0.717, 1.165) is 12.1 Å². The minimum Gasteiger partial charge on any atom is -0.204 e. The molecule has 0 fully saturated rings. The van der Waals surface area contributed by atoms with Gasteiger partial charge in [-0.2, -0.15) is 0 Å². The average Bonchev–Trinajstić information content (AvgIpc) is 2.35. The number of alkyl halides is 1. The van der Waals surface area contributed by atoms with Crippen molar-refractivity contribution < 1.29 is 13.2 Å². The van der Waals surface area contributed by atoms with Gasteiger partial charge in [-0.1, -0.05) is 23.7 Å². The van der Waals surface area contributed by atoms with Gasteiger partial charge >= 0.3 is 0 Å². The highest BCUT2D eigenvalue weighted by atomic mass is 35.5. The molecule has 0 saturated carbocycles. The van der Waals surface area contributed by atoms with Crippen molar-refractivity contribution in [2.75, 3.05) is 0 Å². The lowest BCUT2D eigenvalue weighted by molar-refractivity contribution is 0.445. The van der Waals surface area contributed by atoms with E-state index in [9.17, 15) is 13.2 Å². The molecule has 2 aromatic carbocycles. The van der Waals surface area contributed by atoms with Crippen LogP contribution in [0.3, 0.4) is 0 Å². The lowest BCUT2D eigenvalue weighted by Gasteiger charge is -2.11. The van der Waals surface area contributed by atoms with E-state index in [1.807, 2.05) is 0 Å². The summed E-state index contributed by atoms with van der Waals surface area (Å²) in [5.74, 6) is -4.02. The smallest absolute Gasteiger partial charge is 0.194 e. The highest BCUT2D eigenvalue weighted by Crippen LogP contribution is 2.31.